The Kier molecular flexibility index (Phi) is 5.11. The summed E-state index contributed by atoms with van der Waals surface area (Å²) in [7, 11) is -7.06. The number of benzene rings is 1. The fraction of sp³-hybridized carbons (Fsp3) is 0.455. The monoisotopic (exact) mass is 324 g/mol. The Morgan fingerprint density at radius 1 is 1.25 bits per heavy atom. The highest BCUT2D eigenvalue weighted by atomic mass is 32.2. The highest BCUT2D eigenvalue weighted by Crippen LogP contribution is 2.21. The van der Waals surface area contributed by atoms with E-state index in [1.54, 1.807) is 0 Å². The second-order valence-electron chi connectivity index (χ2n) is 4.51. The molecule has 1 aromatic carbocycles. The van der Waals surface area contributed by atoms with Crippen LogP contribution in [0.1, 0.15) is 12.0 Å². The molecule has 0 atom stereocenters. The van der Waals surface area contributed by atoms with Crippen LogP contribution in [-0.2, 0) is 19.9 Å². The van der Waals surface area contributed by atoms with Crippen molar-refractivity contribution in [2.24, 2.45) is 0 Å². The fourth-order valence-electron chi connectivity index (χ4n) is 1.57. The van der Waals surface area contributed by atoms with E-state index in [4.69, 9.17) is 5.73 Å². The Morgan fingerprint density at radius 3 is 2.40 bits per heavy atom. The minimum Gasteiger partial charge on any atom is -0.399 e. The molecule has 0 fully saturated rings. The average Bonchev–Trinajstić information content (AvgIpc) is 2.28. The molecule has 0 aliphatic carbocycles. The van der Waals surface area contributed by atoms with Crippen LogP contribution in [0.15, 0.2) is 17.0 Å². The lowest BCUT2D eigenvalue weighted by Crippen LogP contribution is -2.27. The molecule has 1 aromatic rings. The number of anilines is 1. The first kappa shape index (κ1) is 16.9. The first-order valence-corrected chi connectivity index (χ1v) is 9.30. The molecule has 0 radical (unpaired) electrons. The molecule has 0 saturated heterocycles. The Morgan fingerprint density at radius 2 is 1.85 bits per heavy atom. The Labute approximate surface area is 118 Å². The van der Waals surface area contributed by atoms with Crippen LogP contribution >= 0.6 is 0 Å². The summed E-state index contributed by atoms with van der Waals surface area (Å²) in [6.07, 6.45) is 1.21. The standard InChI is InChI=1S/C11H17FN2O4S2/c1-8-10(12)6-9(13)7-11(8)20(17,18)14-4-3-5-19(2,15)16/h6-7,14H,3-5,13H2,1-2H3. The molecule has 114 valence electrons. The van der Waals surface area contributed by atoms with Crippen LogP contribution in [0.25, 0.3) is 0 Å². The smallest absolute Gasteiger partial charge is 0.241 e. The van der Waals surface area contributed by atoms with E-state index in [0.717, 1.165) is 18.4 Å². The van der Waals surface area contributed by atoms with E-state index in [1.807, 2.05) is 0 Å². The molecular weight excluding hydrogens is 307 g/mol. The zero-order chi connectivity index (χ0) is 15.6. The van der Waals surface area contributed by atoms with E-state index in [2.05, 4.69) is 4.72 Å². The summed E-state index contributed by atoms with van der Waals surface area (Å²) >= 11 is 0. The van der Waals surface area contributed by atoms with Gasteiger partial charge in [0.15, 0.2) is 0 Å². The normalized spacial score (nSPS) is 12.6. The average molecular weight is 324 g/mol. The molecule has 0 bridgehead atoms. The molecule has 20 heavy (non-hydrogen) atoms. The van der Waals surface area contributed by atoms with Crippen LogP contribution in [0.4, 0.5) is 10.1 Å². The Balaban J connectivity index is 2.85. The Bertz CT molecular complexity index is 699. The first-order chi connectivity index (χ1) is 9.03. The molecule has 3 N–H and O–H groups in total. The quantitative estimate of drug-likeness (QED) is 0.583. The van der Waals surface area contributed by atoms with Crippen molar-refractivity contribution in [1.82, 2.24) is 4.72 Å². The van der Waals surface area contributed by atoms with Crippen LogP contribution in [0.3, 0.4) is 0 Å². The molecule has 6 nitrogen and oxygen atoms in total. The summed E-state index contributed by atoms with van der Waals surface area (Å²) in [5.74, 6) is -0.832. The lowest BCUT2D eigenvalue weighted by Gasteiger charge is -2.10. The molecule has 0 heterocycles. The van der Waals surface area contributed by atoms with Crippen LogP contribution in [0.2, 0.25) is 0 Å². The topological polar surface area (TPSA) is 106 Å². The molecule has 1 rings (SSSR count). The number of sulfone groups is 1. The van der Waals surface area contributed by atoms with Crippen molar-refractivity contribution in [2.75, 3.05) is 24.3 Å². The predicted octanol–water partition coefficient (Wildman–Crippen LogP) is 0.429. The van der Waals surface area contributed by atoms with Crippen molar-refractivity contribution in [3.63, 3.8) is 0 Å². The lowest BCUT2D eigenvalue weighted by molar-refractivity contribution is 0.572. The van der Waals surface area contributed by atoms with Gasteiger partial charge in [0.05, 0.1) is 10.6 Å². The summed E-state index contributed by atoms with van der Waals surface area (Å²) in [6, 6.07) is 2.20. The van der Waals surface area contributed by atoms with Crippen LogP contribution < -0.4 is 10.5 Å². The van der Waals surface area contributed by atoms with Gasteiger partial charge in [-0.25, -0.2) is 25.9 Å². The molecule has 0 aliphatic rings. The van der Waals surface area contributed by atoms with E-state index in [-0.39, 0.29) is 34.9 Å². The molecule has 0 spiro atoms. The van der Waals surface area contributed by atoms with E-state index in [0.29, 0.717) is 0 Å². The molecule has 0 aromatic heterocycles. The van der Waals surface area contributed by atoms with Crippen molar-refractivity contribution in [3.8, 4) is 0 Å². The molecular formula is C11H17FN2O4S2. The van der Waals surface area contributed by atoms with Gasteiger partial charge in [0.25, 0.3) is 0 Å². The fourth-order valence-corrected chi connectivity index (χ4v) is 3.60. The summed E-state index contributed by atoms with van der Waals surface area (Å²) in [5.41, 5.74) is 5.40. The number of nitrogens with one attached hydrogen (secondary N) is 1. The zero-order valence-electron chi connectivity index (χ0n) is 11.2. The number of hydrogen-bond donors (Lipinski definition) is 2. The van der Waals surface area contributed by atoms with Crippen LogP contribution in [-0.4, -0.2) is 35.4 Å². The number of sulfonamides is 1. The summed E-state index contributed by atoms with van der Waals surface area (Å²) in [6.45, 7) is 1.28. The third-order valence-electron chi connectivity index (χ3n) is 2.59. The maximum Gasteiger partial charge on any atom is 0.241 e. The molecule has 0 aliphatic heterocycles. The second-order valence-corrected chi connectivity index (χ2v) is 8.50. The van der Waals surface area contributed by atoms with E-state index in [9.17, 15) is 21.2 Å². The summed E-state index contributed by atoms with van der Waals surface area (Å²) in [5, 5.41) is 0. The number of hydrogen-bond acceptors (Lipinski definition) is 5. The SMILES string of the molecule is Cc1c(F)cc(N)cc1S(=O)(=O)NCCCS(C)(=O)=O. The largest absolute Gasteiger partial charge is 0.399 e. The predicted molar refractivity (Wildman–Crippen MR) is 75.1 cm³/mol. The number of nitrogen functional groups attached to an aromatic ring is 1. The van der Waals surface area contributed by atoms with Crippen molar-refractivity contribution in [2.45, 2.75) is 18.2 Å². The maximum absolute atomic E-state index is 13.5. The number of nitrogens with two attached hydrogens (primary N) is 1. The highest BCUT2D eigenvalue weighted by Gasteiger charge is 2.19. The van der Waals surface area contributed by atoms with Gasteiger partial charge in [-0.3, -0.25) is 0 Å². The third-order valence-corrected chi connectivity index (χ3v) is 5.21. The highest BCUT2D eigenvalue weighted by molar-refractivity contribution is 7.90. The molecule has 0 amide bonds. The van der Waals surface area contributed by atoms with Gasteiger partial charge >= 0.3 is 0 Å². The van der Waals surface area contributed by atoms with E-state index in [1.165, 1.54) is 6.92 Å². The maximum atomic E-state index is 13.5. The molecule has 0 saturated carbocycles. The van der Waals surface area contributed by atoms with Crippen molar-refractivity contribution in [3.05, 3.63) is 23.5 Å². The zero-order valence-corrected chi connectivity index (χ0v) is 12.8. The second kappa shape index (κ2) is 6.06. The van der Waals surface area contributed by atoms with Gasteiger partial charge in [-0.2, -0.15) is 0 Å². The van der Waals surface area contributed by atoms with Gasteiger partial charge in [0, 0.05) is 24.1 Å². The van der Waals surface area contributed by atoms with Gasteiger partial charge in [0.2, 0.25) is 10.0 Å². The molecule has 9 heteroatoms. The third kappa shape index (κ3) is 4.73. The van der Waals surface area contributed by atoms with E-state index >= 15 is 0 Å². The van der Waals surface area contributed by atoms with Gasteiger partial charge < -0.3 is 5.73 Å². The first-order valence-electron chi connectivity index (χ1n) is 5.76. The number of rotatable bonds is 6. The molecule has 0 unspecified atom stereocenters. The van der Waals surface area contributed by atoms with Crippen LogP contribution in [0, 0.1) is 12.7 Å². The summed E-state index contributed by atoms with van der Waals surface area (Å²) in [4.78, 5) is -0.241. The van der Waals surface area contributed by atoms with Gasteiger partial charge in [0.1, 0.15) is 15.7 Å². The number of halogens is 1. The van der Waals surface area contributed by atoms with Gasteiger partial charge in [-0.05, 0) is 25.5 Å². The van der Waals surface area contributed by atoms with E-state index < -0.39 is 25.7 Å². The van der Waals surface area contributed by atoms with Gasteiger partial charge in [-0.15, -0.1) is 0 Å². The minimum absolute atomic E-state index is 0.00427. The van der Waals surface area contributed by atoms with Crippen molar-refractivity contribution in [1.29, 1.82) is 0 Å². The van der Waals surface area contributed by atoms with Crippen molar-refractivity contribution < 1.29 is 21.2 Å². The Hall–Kier alpha value is -1.19. The van der Waals surface area contributed by atoms with Gasteiger partial charge in [-0.1, -0.05) is 0 Å². The minimum atomic E-state index is -3.92. The lowest BCUT2D eigenvalue weighted by atomic mass is 10.2. The summed E-state index contributed by atoms with van der Waals surface area (Å²) < 4.78 is 61.5. The van der Waals surface area contributed by atoms with Crippen LogP contribution in [0.5, 0.6) is 0 Å². The van der Waals surface area contributed by atoms with Crippen molar-refractivity contribution >= 4 is 25.5 Å².